The van der Waals surface area contributed by atoms with Crippen LogP contribution in [0.4, 0.5) is 0 Å². The van der Waals surface area contributed by atoms with Gasteiger partial charge in [-0.2, -0.15) is 0 Å². The minimum Gasteiger partial charge on any atom is -0.388 e. The number of benzene rings is 1. The first-order valence-corrected chi connectivity index (χ1v) is 6.43. The van der Waals surface area contributed by atoms with Crippen LogP contribution in [0.3, 0.4) is 0 Å². The molecule has 1 unspecified atom stereocenters. The molecule has 1 aromatic carbocycles. The molecular formula is C15H16ClNO. The molecular weight excluding hydrogens is 246 g/mol. The van der Waals surface area contributed by atoms with Crippen LogP contribution in [0.2, 0.25) is 5.02 Å². The zero-order valence-corrected chi connectivity index (χ0v) is 11.1. The Kier molecular flexibility index (Phi) is 4.34. The van der Waals surface area contributed by atoms with Gasteiger partial charge in [0.1, 0.15) is 0 Å². The third-order valence-corrected chi connectivity index (χ3v) is 3.34. The van der Waals surface area contributed by atoms with E-state index >= 15 is 0 Å². The van der Waals surface area contributed by atoms with E-state index in [1.165, 1.54) is 5.56 Å². The number of rotatable bonds is 4. The molecule has 1 heterocycles. The molecule has 0 saturated heterocycles. The number of aryl methyl sites for hydroxylation is 1. The molecule has 3 heteroatoms. The summed E-state index contributed by atoms with van der Waals surface area (Å²) in [6.45, 7) is 2.13. The number of hydrogen-bond acceptors (Lipinski definition) is 2. The fraction of sp³-hybridized carbons (Fsp3) is 0.267. The van der Waals surface area contributed by atoms with Gasteiger partial charge >= 0.3 is 0 Å². The number of aromatic nitrogens is 1. The van der Waals surface area contributed by atoms with Crippen molar-refractivity contribution in [3.63, 3.8) is 0 Å². The van der Waals surface area contributed by atoms with Crippen LogP contribution in [0.5, 0.6) is 0 Å². The summed E-state index contributed by atoms with van der Waals surface area (Å²) >= 11 is 6.01. The zero-order chi connectivity index (χ0) is 13.0. The van der Waals surface area contributed by atoms with Crippen LogP contribution in [0.1, 0.15) is 29.7 Å². The summed E-state index contributed by atoms with van der Waals surface area (Å²) in [5.74, 6) is 0. The predicted octanol–water partition coefficient (Wildman–Crippen LogP) is 3.57. The van der Waals surface area contributed by atoms with E-state index in [2.05, 4.69) is 36.2 Å². The summed E-state index contributed by atoms with van der Waals surface area (Å²) in [4.78, 5) is 3.91. The minimum atomic E-state index is -0.590. The van der Waals surface area contributed by atoms with Crippen molar-refractivity contribution in [2.45, 2.75) is 25.9 Å². The van der Waals surface area contributed by atoms with E-state index in [0.717, 1.165) is 17.5 Å². The summed E-state index contributed by atoms with van der Waals surface area (Å²) in [5, 5.41) is 10.7. The Morgan fingerprint density at radius 2 is 1.83 bits per heavy atom. The molecule has 0 aliphatic rings. The lowest BCUT2D eigenvalue weighted by atomic mass is 10.0. The number of hydrogen-bond donors (Lipinski definition) is 1. The molecule has 18 heavy (non-hydrogen) atoms. The van der Waals surface area contributed by atoms with Gasteiger partial charge in [-0.15, -0.1) is 0 Å². The number of aliphatic hydroxyl groups is 1. The summed E-state index contributed by atoms with van der Waals surface area (Å²) < 4.78 is 0. The standard InChI is InChI=1S/C15H16ClNO/c1-2-11-3-5-12(6-4-11)9-15(18)13-7-8-17-10-14(13)16/h3-8,10,15,18H,2,9H2,1H3. The Bertz CT molecular complexity index is 510. The summed E-state index contributed by atoms with van der Waals surface area (Å²) in [6, 6.07) is 10.0. The molecule has 0 aliphatic carbocycles. The van der Waals surface area contributed by atoms with Crippen molar-refractivity contribution in [1.82, 2.24) is 4.98 Å². The molecule has 0 radical (unpaired) electrons. The highest BCUT2D eigenvalue weighted by molar-refractivity contribution is 6.31. The van der Waals surface area contributed by atoms with E-state index in [0.29, 0.717) is 11.4 Å². The largest absolute Gasteiger partial charge is 0.388 e. The average molecular weight is 262 g/mol. The summed E-state index contributed by atoms with van der Waals surface area (Å²) in [6.07, 6.45) is 4.20. The molecule has 0 saturated carbocycles. The third kappa shape index (κ3) is 3.09. The molecule has 2 rings (SSSR count). The van der Waals surface area contributed by atoms with Crippen molar-refractivity contribution in [3.8, 4) is 0 Å². The lowest BCUT2D eigenvalue weighted by molar-refractivity contribution is 0.178. The highest BCUT2D eigenvalue weighted by Gasteiger charge is 2.11. The Hall–Kier alpha value is -1.38. The second kappa shape index (κ2) is 5.98. The topological polar surface area (TPSA) is 33.1 Å². The van der Waals surface area contributed by atoms with Gasteiger partial charge in [0.15, 0.2) is 0 Å². The van der Waals surface area contributed by atoms with E-state index in [-0.39, 0.29) is 0 Å². The Morgan fingerprint density at radius 1 is 1.17 bits per heavy atom. The van der Waals surface area contributed by atoms with E-state index in [9.17, 15) is 5.11 Å². The molecule has 0 spiro atoms. The lowest BCUT2D eigenvalue weighted by Crippen LogP contribution is -2.03. The van der Waals surface area contributed by atoms with Crippen molar-refractivity contribution in [1.29, 1.82) is 0 Å². The number of aliphatic hydroxyl groups excluding tert-OH is 1. The van der Waals surface area contributed by atoms with Gasteiger partial charge in [-0.05, 0) is 23.6 Å². The Morgan fingerprint density at radius 3 is 2.44 bits per heavy atom. The SMILES string of the molecule is CCc1ccc(CC(O)c2ccncc2Cl)cc1. The van der Waals surface area contributed by atoms with Gasteiger partial charge in [-0.1, -0.05) is 42.8 Å². The maximum Gasteiger partial charge on any atom is 0.0845 e. The fourth-order valence-electron chi connectivity index (χ4n) is 1.90. The van der Waals surface area contributed by atoms with Crippen LogP contribution >= 0.6 is 11.6 Å². The average Bonchev–Trinajstić information content (AvgIpc) is 2.40. The molecule has 1 N–H and O–H groups in total. The molecule has 1 atom stereocenters. The highest BCUT2D eigenvalue weighted by atomic mass is 35.5. The Labute approximate surface area is 112 Å². The van der Waals surface area contributed by atoms with Gasteiger partial charge in [0.25, 0.3) is 0 Å². The second-order valence-electron chi connectivity index (χ2n) is 4.29. The zero-order valence-electron chi connectivity index (χ0n) is 10.3. The van der Waals surface area contributed by atoms with Crippen LogP contribution < -0.4 is 0 Å². The summed E-state index contributed by atoms with van der Waals surface area (Å²) in [7, 11) is 0. The predicted molar refractivity (Wildman–Crippen MR) is 73.7 cm³/mol. The maximum absolute atomic E-state index is 10.2. The normalized spacial score (nSPS) is 12.4. The molecule has 0 bridgehead atoms. The number of pyridine rings is 1. The lowest BCUT2D eigenvalue weighted by Gasteiger charge is -2.12. The molecule has 1 aromatic heterocycles. The van der Waals surface area contributed by atoms with Gasteiger partial charge < -0.3 is 5.11 Å². The smallest absolute Gasteiger partial charge is 0.0845 e. The number of halogens is 1. The van der Waals surface area contributed by atoms with E-state index in [1.807, 2.05) is 0 Å². The minimum absolute atomic E-state index is 0.509. The first-order chi connectivity index (χ1) is 8.70. The first-order valence-electron chi connectivity index (χ1n) is 6.06. The fourth-order valence-corrected chi connectivity index (χ4v) is 2.15. The first kappa shape index (κ1) is 13.1. The van der Waals surface area contributed by atoms with Gasteiger partial charge in [-0.25, -0.2) is 0 Å². The van der Waals surface area contributed by atoms with Gasteiger partial charge in [0.2, 0.25) is 0 Å². The number of nitrogens with zero attached hydrogens (tertiary/aromatic N) is 1. The van der Waals surface area contributed by atoms with Gasteiger partial charge in [0.05, 0.1) is 11.1 Å². The molecule has 0 fully saturated rings. The Balaban J connectivity index is 2.11. The molecule has 94 valence electrons. The van der Waals surface area contributed by atoms with Crippen molar-refractivity contribution in [2.24, 2.45) is 0 Å². The molecule has 0 amide bonds. The van der Waals surface area contributed by atoms with E-state index in [1.54, 1.807) is 18.5 Å². The molecule has 0 aliphatic heterocycles. The summed E-state index contributed by atoms with van der Waals surface area (Å²) in [5.41, 5.74) is 3.13. The second-order valence-corrected chi connectivity index (χ2v) is 4.69. The van der Waals surface area contributed by atoms with Crippen molar-refractivity contribution in [3.05, 3.63) is 64.4 Å². The van der Waals surface area contributed by atoms with Crippen molar-refractivity contribution in [2.75, 3.05) is 0 Å². The van der Waals surface area contributed by atoms with E-state index < -0.39 is 6.10 Å². The highest BCUT2D eigenvalue weighted by Crippen LogP contribution is 2.24. The van der Waals surface area contributed by atoms with Crippen LogP contribution in [-0.2, 0) is 12.8 Å². The van der Waals surface area contributed by atoms with Crippen LogP contribution in [-0.4, -0.2) is 10.1 Å². The molecule has 2 nitrogen and oxygen atoms in total. The molecule has 2 aromatic rings. The van der Waals surface area contributed by atoms with Crippen molar-refractivity contribution < 1.29 is 5.11 Å². The van der Waals surface area contributed by atoms with Gasteiger partial charge in [-0.3, -0.25) is 4.98 Å². The van der Waals surface area contributed by atoms with Crippen molar-refractivity contribution >= 4 is 11.6 Å². The van der Waals surface area contributed by atoms with Crippen LogP contribution in [0.15, 0.2) is 42.7 Å². The van der Waals surface area contributed by atoms with Crippen LogP contribution in [0, 0.1) is 0 Å². The third-order valence-electron chi connectivity index (χ3n) is 3.02. The van der Waals surface area contributed by atoms with Crippen LogP contribution in [0.25, 0.3) is 0 Å². The monoisotopic (exact) mass is 261 g/mol. The van der Waals surface area contributed by atoms with Gasteiger partial charge in [0, 0.05) is 24.4 Å². The quantitative estimate of drug-likeness (QED) is 0.913. The maximum atomic E-state index is 10.2. The van der Waals surface area contributed by atoms with E-state index in [4.69, 9.17) is 11.6 Å².